The number of furan rings is 1. The minimum atomic E-state index is 0.198. The van der Waals surface area contributed by atoms with Gasteiger partial charge in [0.1, 0.15) is 5.76 Å². The monoisotopic (exact) mass is 237 g/mol. The van der Waals surface area contributed by atoms with E-state index in [-0.39, 0.29) is 6.04 Å². The van der Waals surface area contributed by atoms with Crippen LogP contribution >= 0.6 is 0 Å². The Labute approximate surface area is 104 Å². The highest BCUT2D eigenvalue weighted by molar-refractivity contribution is 5.04. The van der Waals surface area contributed by atoms with E-state index < -0.39 is 0 Å². The first-order valence-corrected chi connectivity index (χ1v) is 6.60. The van der Waals surface area contributed by atoms with Gasteiger partial charge >= 0.3 is 0 Å². The molecule has 0 aliphatic heterocycles. The molecule has 1 N–H and O–H groups in total. The number of rotatable bonds is 8. The molecule has 1 saturated carbocycles. The predicted octanol–water partition coefficient (Wildman–Crippen LogP) is 2.99. The Morgan fingerprint density at radius 2 is 2.24 bits per heavy atom. The zero-order chi connectivity index (χ0) is 12.1. The molecule has 2 rings (SSSR count). The van der Waals surface area contributed by atoms with Gasteiger partial charge in [0, 0.05) is 6.61 Å². The summed E-state index contributed by atoms with van der Waals surface area (Å²) < 4.78 is 11.2. The molecule has 1 heterocycles. The molecule has 0 aromatic carbocycles. The largest absolute Gasteiger partial charge is 0.468 e. The third-order valence-electron chi connectivity index (χ3n) is 2.97. The molecule has 17 heavy (non-hydrogen) atoms. The van der Waals surface area contributed by atoms with Crippen LogP contribution in [-0.2, 0) is 4.74 Å². The standard InChI is InChI=1S/C14H23NO2/c1-11(2)9-16-10-13(14-4-3-7-17-14)15-8-12-5-6-12/h3-4,7,11-13,15H,5-6,8-10H2,1-2H3. The van der Waals surface area contributed by atoms with Crippen LogP contribution in [0.25, 0.3) is 0 Å². The molecule has 1 aliphatic rings. The molecule has 1 unspecified atom stereocenters. The molecule has 0 saturated heterocycles. The zero-order valence-corrected chi connectivity index (χ0v) is 10.8. The van der Waals surface area contributed by atoms with E-state index in [1.807, 2.05) is 12.1 Å². The van der Waals surface area contributed by atoms with Crippen LogP contribution in [0.1, 0.15) is 38.5 Å². The van der Waals surface area contributed by atoms with Crippen LogP contribution in [0.4, 0.5) is 0 Å². The molecule has 1 aromatic rings. The van der Waals surface area contributed by atoms with Gasteiger partial charge in [0.2, 0.25) is 0 Å². The lowest BCUT2D eigenvalue weighted by Gasteiger charge is -2.17. The normalized spacial score (nSPS) is 17.6. The Morgan fingerprint density at radius 1 is 1.41 bits per heavy atom. The fraction of sp³-hybridized carbons (Fsp3) is 0.714. The lowest BCUT2D eigenvalue weighted by atomic mass is 10.2. The van der Waals surface area contributed by atoms with Crippen LogP contribution in [0.15, 0.2) is 22.8 Å². The Bertz CT molecular complexity index is 304. The molecular formula is C14H23NO2. The molecule has 3 heteroatoms. The van der Waals surface area contributed by atoms with Gasteiger partial charge in [0.15, 0.2) is 0 Å². The Balaban J connectivity index is 1.78. The highest BCUT2D eigenvalue weighted by Crippen LogP contribution is 2.28. The van der Waals surface area contributed by atoms with Crippen molar-refractivity contribution >= 4 is 0 Å². The highest BCUT2D eigenvalue weighted by atomic mass is 16.5. The van der Waals surface area contributed by atoms with Gasteiger partial charge in [-0.1, -0.05) is 13.8 Å². The average Bonchev–Trinajstić information content (AvgIpc) is 2.95. The van der Waals surface area contributed by atoms with Gasteiger partial charge in [0.25, 0.3) is 0 Å². The van der Waals surface area contributed by atoms with Crippen LogP contribution < -0.4 is 5.32 Å². The van der Waals surface area contributed by atoms with Crippen molar-refractivity contribution in [2.24, 2.45) is 11.8 Å². The van der Waals surface area contributed by atoms with E-state index in [4.69, 9.17) is 9.15 Å². The van der Waals surface area contributed by atoms with Crippen molar-refractivity contribution < 1.29 is 9.15 Å². The summed E-state index contributed by atoms with van der Waals surface area (Å²) in [6.45, 7) is 6.91. The van der Waals surface area contributed by atoms with Gasteiger partial charge in [-0.2, -0.15) is 0 Å². The maximum Gasteiger partial charge on any atom is 0.123 e. The maximum absolute atomic E-state index is 5.71. The second kappa shape index (κ2) is 6.22. The minimum absolute atomic E-state index is 0.198. The summed E-state index contributed by atoms with van der Waals surface area (Å²) in [5.41, 5.74) is 0. The molecule has 1 aliphatic carbocycles. The number of nitrogens with one attached hydrogen (secondary N) is 1. The van der Waals surface area contributed by atoms with E-state index in [9.17, 15) is 0 Å². The van der Waals surface area contributed by atoms with Gasteiger partial charge < -0.3 is 14.5 Å². The van der Waals surface area contributed by atoms with Crippen molar-refractivity contribution in [2.75, 3.05) is 19.8 Å². The molecule has 0 spiro atoms. The third-order valence-corrected chi connectivity index (χ3v) is 2.97. The number of hydrogen-bond donors (Lipinski definition) is 1. The van der Waals surface area contributed by atoms with Crippen LogP contribution in [0, 0.1) is 11.8 Å². The molecule has 3 nitrogen and oxygen atoms in total. The van der Waals surface area contributed by atoms with Crippen molar-refractivity contribution in [3.8, 4) is 0 Å². The Kier molecular flexibility index (Phi) is 4.63. The Hall–Kier alpha value is -0.800. The first-order chi connectivity index (χ1) is 8.25. The van der Waals surface area contributed by atoms with Crippen molar-refractivity contribution in [2.45, 2.75) is 32.7 Å². The molecule has 0 bridgehead atoms. The Morgan fingerprint density at radius 3 is 2.82 bits per heavy atom. The molecule has 96 valence electrons. The highest BCUT2D eigenvalue weighted by Gasteiger charge is 2.23. The summed E-state index contributed by atoms with van der Waals surface area (Å²) in [7, 11) is 0. The summed E-state index contributed by atoms with van der Waals surface area (Å²) in [4.78, 5) is 0. The van der Waals surface area contributed by atoms with Gasteiger partial charge in [-0.3, -0.25) is 0 Å². The van der Waals surface area contributed by atoms with Gasteiger partial charge in [0.05, 0.1) is 18.9 Å². The van der Waals surface area contributed by atoms with E-state index >= 15 is 0 Å². The topological polar surface area (TPSA) is 34.4 Å². The van der Waals surface area contributed by atoms with E-state index in [0.29, 0.717) is 12.5 Å². The summed E-state index contributed by atoms with van der Waals surface area (Å²) in [6.07, 6.45) is 4.46. The second-order valence-electron chi connectivity index (χ2n) is 5.35. The summed E-state index contributed by atoms with van der Waals surface area (Å²) in [5, 5.41) is 3.54. The van der Waals surface area contributed by atoms with Crippen LogP contribution in [0.2, 0.25) is 0 Å². The van der Waals surface area contributed by atoms with Crippen LogP contribution in [0.5, 0.6) is 0 Å². The van der Waals surface area contributed by atoms with Crippen molar-refractivity contribution in [3.05, 3.63) is 24.2 Å². The molecule has 1 fully saturated rings. The molecule has 1 aromatic heterocycles. The molecule has 1 atom stereocenters. The van der Waals surface area contributed by atoms with E-state index in [1.165, 1.54) is 12.8 Å². The molecule has 0 radical (unpaired) electrons. The minimum Gasteiger partial charge on any atom is -0.468 e. The molecule has 0 amide bonds. The van der Waals surface area contributed by atoms with Crippen LogP contribution in [0.3, 0.4) is 0 Å². The fourth-order valence-corrected chi connectivity index (χ4v) is 1.78. The van der Waals surface area contributed by atoms with Gasteiger partial charge in [-0.05, 0) is 43.4 Å². The smallest absolute Gasteiger partial charge is 0.123 e. The number of ether oxygens (including phenoxy) is 1. The molecular weight excluding hydrogens is 214 g/mol. The average molecular weight is 237 g/mol. The zero-order valence-electron chi connectivity index (χ0n) is 10.8. The fourth-order valence-electron chi connectivity index (χ4n) is 1.78. The van der Waals surface area contributed by atoms with Gasteiger partial charge in [-0.25, -0.2) is 0 Å². The summed E-state index contributed by atoms with van der Waals surface area (Å²) >= 11 is 0. The van der Waals surface area contributed by atoms with E-state index in [2.05, 4.69) is 19.2 Å². The third kappa shape index (κ3) is 4.52. The van der Waals surface area contributed by atoms with Crippen molar-refractivity contribution in [3.63, 3.8) is 0 Å². The SMILES string of the molecule is CC(C)COCC(NCC1CC1)c1ccco1. The van der Waals surface area contributed by atoms with Crippen molar-refractivity contribution in [1.29, 1.82) is 0 Å². The van der Waals surface area contributed by atoms with Crippen LogP contribution in [-0.4, -0.2) is 19.8 Å². The lowest BCUT2D eigenvalue weighted by Crippen LogP contribution is -2.27. The van der Waals surface area contributed by atoms with E-state index in [0.717, 1.165) is 24.8 Å². The van der Waals surface area contributed by atoms with Crippen molar-refractivity contribution in [1.82, 2.24) is 5.32 Å². The first kappa shape index (κ1) is 12.7. The summed E-state index contributed by atoms with van der Waals surface area (Å²) in [6, 6.07) is 4.15. The van der Waals surface area contributed by atoms with E-state index in [1.54, 1.807) is 6.26 Å². The quantitative estimate of drug-likeness (QED) is 0.754. The number of hydrogen-bond acceptors (Lipinski definition) is 3. The predicted molar refractivity (Wildman–Crippen MR) is 67.8 cm³/mol. The second-order valence-corrected chi connectivity index (χ2v) is 5.35. The van der Waals surface area contributed by atoms with Gasteiger partial charge in [-0.15, -0.1) is 0 Å². The first-order valence-electron chi connectivity index (χ1n) is 6.60. The maximum atomic E-state index is 5.71. The summed E-state index contributed by atoms with van der Waals surface area (Å²) in [5.74, 6) is 2.43. The lowest BCUT2D eigenvalue weighted by molar-refractivity contribution is 0.0846.